The lowest BCUT2D eigenvalue weighted by Crippen LogP contribution is -2.40. The Labute approximate surface area is 103 Å². The van der Waals surface area contributed by atoms with Gasteiger partial charge in [-0.3, -0.25) is 0 Å². The van der Waals surface area contributed by atoms with Crippen molar-refractivity contribution in [2.75, 3.05) is 0 Å². The van der Waals surface area contributed by atoms with E-state index < -0.39 is 8.32 Å². The lowest BCUT2D eigenvalue weighted by Gasteiger charge is -2.35. The van der Waals surface area contributed by atoms with Crippen LogP contribution in [0.25, 0.3) is 0 Å². The third kappa shape index (κ3) is 3.59. The van der Waals surface area contributed by atoms with Gasteiger partial charge in [-0.15, -0.1) is 0 Å². The van der Waals surface area contributed by atoms with E-state index in [1.807, 2.05) is 0 Å². The first-order valence-electron chi connectivity index (χ1n) is 6.90. The lowest BCUT2D eigenvalue weighted by atomic mass is 9.86. The Hall–Kier alpha value is 0.177. The van der Waals surface area contributed by atoms with E-state index in [4.69, 9.17) is 4.43 Å². The van der Waals surface area contributed by atoms with Gasteiger partial charge in [-0.2, -0.15) is 0 Å². The molecule has 1 nitrogen and oxygen atoms in total. The van der Waals surface area contributed by atoms with Crippen LogP contribution < -0.4 is 0 Å². The quantitative estimate of drug-likeness (QED) is 0.657. The highest BCUT2D eigenvalue weighted by Gasteiger charge is 2.41. The molecule has 0 aromatic carbocycles. The minimum atomic E-state index is -1.40. The normalized spacial score (nSPS) is 31.7. The van der Waals surface area contributed by atoms with Crippen LogP contribution in [0.5, 0.6) is 0 Å². The van der Waals surface area contributed by atoms with Crippen LogP contribution in [0.1, 0.15) is 40.5 Å². The second-order valence-corrected chi connectivity index (χ2v) is 11.5. The summed E-state index contributed by atoms with van der Waals surface area (Å²) in [5.41, 5.74) is 0. The Kier molecular flexibility index (Phi) is 4.64. The van der Waals surface area contributed by atoms with Gasteiger partial charge in [0.2, 0.25) is 0 Å². The molecule has 0 aromatic rings. The van der Waals surface area contributed by atoms with Crippen molar-refractivity contribution in [1.82, 2.24) is 0 Å². The zero-order chi connectivity index (χ0) is 12.5. The second-order valence-electron chi connectivity index (χ2n) is 7.09. The van der Waals surface area contributed by atoms with Crippen molar-refractivity contribution < 1.29 is 4.43 Å². The molecule has 0 radical (unpaired) electrons. The van der Waals surface area contributed by atoms with Gasteiger partial charge in [-0.25, -0.2) is 0 Å². The fourth-order valence-corrected chi connectivity index (χ4v) is 4.21. The molecule has 16 heavy (non-hydrogen) atoms. The highest BCUT2D eigenvalue weighted by Crippen LogP contribution is 2.42. The van der Waals surface area contributed by atoms with Crippen molar-refractivity contribution in [3.05, 3.63) is 0 Å². The monoisotopic (exact) mass is 242 g/mol. The van der Waals surface area contributed by atoms with Crippen molar-refractivity contribution in [1.29, 1.82) is 0 Å². The molecule has 0 heterocycles. The smallest absolute Gasteiger partial charge is 0.184 e. The molecule has 0 amide bonds. The SMILES string of the molecule is CC(C)C1CCC(C(C)C)C1O[Si](C)(C)C. The number of rotatable bonds is 4. The molecular weight excluding hydrogens is 212 g/mol. The van der Waals surface area contributed by atoms with Gasteiger partial charge < -0.3 is 4.43 Å². The van der Waals surface area contributed by atoms with Crippen LogP contribution in [0.2, 0.25) is 19.6 Å². The molecule has 96 valence electrons. The van der Waals surface area contributed by atoms with Crippen molar-refractivity contribution in [3.8, 4) is 0 Å². The first kappa shape index (κ1) is 14.2. The third-order valence-electron chi connectivity index (χ3n) is 3.88. The topological polar surface area (TPSA) is 9.23 Å². The van der Waals surface area contributed by atoms with Crippen LogP contribution in [0.15, 0.2) is 0 Å². The lowest BCUT2D eigenvalue weighted by molar-refractivity contribution is 0.0706. The zero-order valence-electron chi connectivity index (χ0n) is 12.2. The maximum Gasteiger partial charge on any atom is 0.184 e. The molecule has 2 heteroatoms. The maximum atomic E-state index is 6.49. The van der Waals surface area contributed by atoms with Crippen LogP contribution in [-0.4, -0.2) is 14.4 Å². The highest BCUT2D eigenvalue weighted by atomic mass is 28.4. The van der Waals surface area contributed by atoms with E-state index in [1.54, 1.807) is 0 Å². The summed E-state index contributed by atoms with van der Waals surface area (Å²) in [5.74, 6) is 3.12. The standard InChI is InChI=1S/C14H30OSi/c1-10(2)12-8-9-13(11(3)4)14(12)15-16(5,6)7/h10-14H,8-9H2,1-7H3. The molecule has 2 unspecified atom stereocenters. The largest absolute Gasteiger partial charge is 0.414 e. The molecule has 0 aromatic heterocycles. The van der Waals surface area contributed by atoms with Gasteiger partial charge in [0.15, 0.2) is 8.32 Å². The van der Waals surface area contributed by atoms with Gasteiger partial charge in [0.1, 0.15) is 0 Å². The summed E-state index contributed by atoms with van der Waals surface area (Å²) >= 11 is 0. The second kappa shape index (κ2) is 5.22. The van der Waals surface area contributed by atoms with Gasteiger partial charge in [0, 0.05) is 0 Å². The Balaban J connectivity index is 2.76. The first-order valence-corrected chi connectivity index (χ1v) is 10.3. The summed E-state index contributed by atoms with van der Waals surface area (Å²) in [4.78, 5) is 0. The molecule has 1 saturated carbocycles. The number of hydrogen-bond donors (Lipinski definition) is 0. The van der Waals surface area contributed by atoms with Crippen molar-refractivity contribution in [2.24, 2.45) is 23.7 Å². The summed E-state index contributed by atoms with van der Waals surface area (Å²) < 4.78 is 6.49. The Morgan fingerprint density at radius 3 is 1.50 bits per heavy atom. The maximum absolute atomic E-state index is 6.49. The molecule has 0 spiro atoms. The molecule has 1 aliphatic rings. The first-order chi connectivity index (χ1) is 7.22. The van der Waals surface area contributed by atoms with Crippen LogP contribution in [-0.2, 0) is 4.43 Å². The molecule has 0 saturated heterocycles. The van der Waals surface area contributed by atoms with Gasteiger partial charge in [-0.05, 0) is 56.2 Å². The Morgan fingerprint density at radius 1 is 0.875 bits per heavy atom. The zero-order valence-corrected chi connectivity index (χ0v) is 13.2. The highest BCUT2D eigenvalue weighted by molar-refractivity contribution is 6.69. The van der Waals surface area contributed by atoms with E-state index in [1.165, 1.54) is 12.8 Å². The molecule has 1 fully saturated rings. The summed E-state index contributed by atoms with van der Waals surface area (Å²) in [6.45, 7) is 16.4. The van der Waals surface area contributed by atoms with Crippen LogP contribution in [0, 0.1) is 23.7 Å². The van der Waals surface area contributed by atoms with Gasteiger partial charge in [-0.1, -0.05) is 27.7 Å². The summed E-state index contributed by atoms with van der Waals surface area (Å²) in [7, 11) is -1.40. The molecule has 0 aliphatic heterocycles. The average Bonchev–Trinajstić information content (AvgIpc) is 2.44. The molecule has 0 N–H and O–H groups in total. The predicted octanol–water partition coefficient (Wildman–Crippen LogP) is 4.54. The van der Waals surface area contributed by atoms with Gasteiger partial charge in [0.25, 0.3) is 0 Å². The molecule has 0 bridgehead atoms. The van der Waals surface area contributed by atoms with E-state index in [2.05, 4.69) is 47.3 Å². The molecular formula is C14H30OSi. The summed E-state index contributed by atoms with van der Waals surface area (Å²) in [6.07, 6.45) is 3.28. The van der Waals surface area contributed by atoms with Crippen molar-refractivity contribution >= 4 is 8.32 Å². The molecule has 2 atom stereocenters. The van der Waals surface area contributed by atoms with Crippen molar-refractivity contribution in [2.45, 2.75) is 66.3 Å². The van der Waals surface area contributed by atoms with Gasteiger partial charge >= 0.3 is 0 Å². The van der Waals surface area contributed by atoms with E-state index in [9.17, 15) is 0 Å². The fourth-order valence-electron chi connectivity index (χ4n) is 3.04. The third-order valence-corrected chi connectivity index (χ3v) is 4.86. The predicted molar refractivity (Wildman–Crippen MR) is 74.1 cm³/mol. The minimum absolute atomic E-state index is 0.534. The fraction of sp³-hybridized carbons (Fsp3) is 1.00. The van der Waals surface area contributed by atoms with Crippen LogP contribution in [0.3, 0.4) is 0 Å². The van der Waals surface area contributed by atoms with Gasteiger partial charge in [0.05, 0.1) is 6.10 Å². The minimum Gasteiger partial charge on any atom is -0.414 e. The van der Waals surface area contributed by atoms with E-state index in [0.29, 0.717) is 6.10 Å². The van der Waals surface area contributed by atoms with E-state index in [-0.39, 0.29) is 0 Å². The summed E-state index contributed by atoms with van der Waals surface area (Å²) in [6, 6.07) is 0. The van der Waals surface area contributed by atoms with Crippen molar-refractivity contribution in [3.63, 3.8) is 0 Å². The Bertz CT molecular complexity index is 201. The molecule has 1 aliphatic carbocycles. The summed E-state index contributed by atoms with van der Waals surface area (Å²) in [5, 5.41) is 0. The van der Waals surface area contributed by atoms with E-state index >= 15 is 0 Å². The Morgan fingerprint density at radius 2 is 1.25 bits per heavy atom. The van der Waals surface area contributed by atoms with E-state index in [0.717, 1.165) is 23.7 Å². The van der Waals surface area contributed by atoms with Crippen LogP contribution in [0.4, 0.5) is 0 Å². The molecule has 1 rings (SSSR count). The van der Waals surface area contributed by atoms with Crippen LogP contribution >= 0.6 is 0 Å². The average molecular weight is 242 g/mol. The number of hydrogen-bond acceptors (Lipinski definition) is 1.